The number of carbonyl (C=O) groups is 3. The summed E-state index contributed by atoms with van der Waals surface area (Å²) in [5, 5.41) is 13.2. The number of benzene rings is 2. The molecular formula is C20H17N3O7S. The van der Waals surface area contributed by atoms with E-state index in [9.17, 15) is 24.5 Å². The number of imide groups is 1. The number of methoxy groups -OCH3 is 1. The quantitative estimate of drug-likeness (QED) is 0.285. The highest BCUT2D eigenvalue weighted by Gasteiger charge is 2.25. The van der Waals surface area contributed by atoms with Crippen LogP contribution in [0.1, 0.15) is 11.1 Å². The fourth-order valence-electron chi connectivity index (χ4n) is 2.76. The summed E-state index contributed by atoms with van der Waals surface area (Å²) < 4.78 is 10.2. The normalized spacial score (nSPS) is 15.5. The van der Waals surface area contributed by atoms with Crippen LogP contribution in [0.4, 0.5) is 10.5 Å². The Morgan fingerprint density at radius 2 is 1.90 bits per heavy atom. The molecule has 0 bridgehead atoms. The highest BCUT2D eigenvalue weighted by atomic mass is 32.2. The van der Waals surface area contributed by atoms with Gasteiger partial charge in [0, 0.05) is 12.0 Å². The first-order valence-corrected chi connectivity index (χ1v) is 9.72. The molecule has 160 valence electrons. The molecule has 1 saturated heterocycles. The molecule has 31 heavy (non-hydrogen) atoms. The second kappa shape index (κ2) is 9.41. The molecule has 1 heterocycles. The van der Waals surface area contributed by atoms with Gasteiger partial charge in [-0.05, 0) is 47.7 Å². The molecule has 0 spiro atoms. The maximum atomic E-state index is 11.6. The van der Waals surface area contributed by atoms with E-state index in [-0.39, 0.29) is 28.3 Å². The van der Waals surface area contributed by atoms with Gasteiger partial charge in [-0.15, -0.1) is 0 Å². The highest BCUT2D eigenvalue weighted by Crippen LogP contribution is 2.30. The Morgan fingerprint density at radius 3 is 2.48 bits per heavy atom. The van der Waals surface area contributed by atoms with E-state index < -0.39 is 28.1 Å². The van der Waals surface area contributed by atoms with Gasteiger partial charge in [-0.25, -0.2) is 0 Å². The van der Waals surface area contributed by atoms with Crippen LogP contribution >= 0.6 is 11.8 Å². The van der Waals surface area contributed by atoms with Gasteiger partial charge < -0.3 is 15.2 Å². The number of hydrogen-bond acceptors (Lipinski definition) is 9. The third kappa shape index (κ3) is 5.47. The molecule has 1 aliphatic heterocycles. The van der Waals surface area contributed by atoms with Gasteiger partial charge in [-0.3, -0.25) is 29.8 Å². The molecular weight excluding hydrogens is 426 g/mol. The second-order valence-electron chi connectivity index (χ2n) is 6.40. The van der Waals surface area contributed by atoms with Crippen molar-refractivity contribution in [3.8, 4) is 11.5 Å². The van der Waals surface area contributed by atoms with E-state index in [2.05, 4.69) is 10.1 Å². The molecule has 0 aromatic heterocycles. The number of rotatable bonds is 7. The van der Waals surface area contributed by atoms with Crippen LogP contribution in [0.3, 0.4) is 0 Å². The lowest BCUT2D eigenvalue weighted by Gasteiger charge is -2.11. The minimum absolute atomic E-state index is 0.0548. The number of nitro benzene ring substituents is 1. The fraction of sp³-hybridized carbons (Fsp3) is 0.150. The number of amides is 2. The van der Waals surface area contributed by atoms with E-state index in [0.29, 0.717) is 11.3 Å². The molecule has 1 aliphatic rings. The molecule has 10 nitrogen and oxygen atoms in total. The Morgan fingerprint density at radius 1 is 1.23 bits per heavy atom. The SMILES string of the molecule is COC(=O)C(N)Cc1ccc(Oc2ccc(/C=C3/SC(=O)NC3=O)cc2)cc1[N+](=O)[O-]. The molecule has 0 radical (unpaired) electrons. The zero-order chi connectivity index (χ0) is 22.5. The van der Waals surface area contributed by atoms with E-state index in [4.69, 9.17) is 10.5 Å². The average Bonchev–Trinajstić information content (AvgIpc) is 3.06. The topological polar surface area (TPSA) is 151 Å². The molecule has 0 saturated carbocycles. The molecule has 11 heteroatoms. The van der Waals surface area contributed by atoms with Gasteiger partial charge in [0.05, 0.1) is 23.0 Å². The minimum atomic E-state index is -1.02. The van der Waals surface area contributed by atoms with Crippen molar-refractivity contribution in [2.45, 2.75) is 12.5 Å². The van der Waals surface area contributed by atoms with Crippen LogP contribution in [-0.2, 0) is 20.7 Å². The van der Waals surface area contributed by atoms with Crippen LogP contribution in [0.2, 0.25) is 0 Å². The van der Waals surface area contributed by atoms with Crippen molar-refractivity contribution < 1.29 is 28.8 Å². The zero-order valence-electron chi connectivity index (χ0n) is 16.2. The lowest BCUT2D eigenvalue weighted by molar-refractivity contribution is -0.385. The third-order valence-electron chi connectivity index (χ3n) is 4.25. The number of nitrogens with one attached hydrogen (secondary N) is 1. The van der Waals surface area contributed by atoms with E-state index >= 15 is 0 Å². The Labute approximate surface area is 180 Å². The molecule has 3 rings (SSSR count). The summed E-state index contributed by atoms with van der Waals surface area (Å²) in [4.78, 5) is 45.4. The Hall–Kier alpha value is -3.70. The Balaban J connectivity index is 1.75. The summed E-state index contributed by atoms with van der Waals surface area (Å²) in [6.45, 7) is 0. The van der Waals surface area contributed by atoms with E-state index in [1.54, 1.807) is 30.3 Å². The summed E-state index contributed by atoms with van der Waals surface area (Å²) >= 11 is 0.817. The van der Waals surface area contributed by atoms with Gasteiger partial charge in [0.1, 0.15) is 17.5 Å². The van der Waals surface area contributed by atoms with Crippen molar-refractivity contribution in [1.29, 1.82) is 0 Å². The van der Waals surface area contributed by atoms with Crippen LogP contribution in [0.5, 0.6) is 11.5 Å². The molecule has 1 unspecified atom stereocenters. The van der Waals surface area contributed by atoms with Gasteiger partial charge in [-0.1, -0.05) is 12.1 Å². The van der Waals surface area contributed by atoms with Gasteiger partial charge in [-0.2, -0.15) is 0 Å². The Bertz CT molecular complexity index is 1080. The summed E-state index contributed by atoms with van der Waals surface area (Å²) in [6.07, 6.45) is 1.51. The largest absolute Gasteiger partial charge is 0.468 e. The van der Waals surface area contributed by atoms with Crippen LogP contribution in [0.25, 0.3) is 6.08 Å². The monoisotopic (exact) mass is 443 g/mol. The predicted molar refractivity (Wildman–Crippen MR) is 112 cm³/mol. The van der Waals surface area contributed by atoms with Crippen molar-refractivity contribution in [2.75, 3.05) is 7.11 Å². The maximum absolute atomic E-state index is 11.6. The van der Waals surface area contributed by atoms with E-state index in [1.807, 2.05) is 0 Å². The molecule has 0 aliphatic carbocycles. The zero-order valence-corrected chi connectivity index (χ0v) is 17.0. The predicted octanol–water partition coefficient (Wildman–Crippen LogP) is 2.75. The first-order chi connectivity index (χ1) is 14.8. The molecule has 2 aromatic carbocycles. The minimum Gasteiger partial charge on any atom is -0.468 e. The van der Waals surface area contributed by atoms with Gasteiger partial charge in [0.15, 0.2) is 0 Å². The third-order valence-corrected chi connectivity index (χ3v) is 5.06. The smallest absolute Gasteiger partial charge is 0.322 e. The number of nitrogens with zero attached hydrogens (tertiary/aromatic N) is 1. The van der Waals surface area contributed by atoms with Crippen molar-refractivity contribution in [2.24, 2.45) is 5.73 Å². The number of thioether (sulfide) groups is 1. The van der Waals surface area contributed by atoms with Crippen LogP contribution in [0.15, 0.2) is 47.4 Å². The Kier molecular flexibility index (Phi) is 6.68. The molecule has 3 N–H and O–H groups in total. The van der Waals surface area contributed by atoms with Crippen LogP contribution in [-0.4, -0.2) is 35.2 Å². The average molecular weight is 443 g/mol. The number of nitrogens with two attached hydrogens (primary N) is 1. The summed E-state index contributed by atoms with van der Waals surface area (Å²) in [5.41, 5.74) is 6.43. The van der Waals surface area contributed by atoms with E-state index in [1.165, 1.54) is 25.3 Å². The number of carbonyl (C=O) groups excluding carboxylic acids is 3. The molecule has 2 amide bonds. The number of ether oxygens (including phenoxy) is 2. The van der Waals surface area contributed by atoms with Crippen LogP contribution < -0.4 is 15.8 Å². The number of esters is 1. The fourth-order valence-corrected chi connectivity index (χ4v) is 3.44. The number of nitro groups is 1. The lowest BCUT2D eigenvalue weighted by atomic mass is 10.0. The molecule has 1 atom stereocenters. The van der Waals surface area contributed by atoms with Gasteiger partial charge in [0.25, 0.3) is 16.8 Å². The molecule has 1 fully saturated rings. The maximum Gasteiger partial charge on any atom is 0.322 e. The second-order valence-corrected chi connectivity index (χ2v) is 7.42. The van der Waals surface area contributed by atoms with E-state index in [0.717, 1.165) is 11.8 Å². The van der Waals surface area contributed by atoms with Crippen molar-refractivity contribution in [3.05, 3.63) is 68.6 Å². The summed E-state index contributed by atoms with van der Waals surface area (Å²) in [7, 11) is 1.19. The molecule has 2 aromatic rings. The summed E-state index contributed by atoms with van der Waals surface area (Å²) in [5.74, 6) is -0.475. The van der Waals surface area contributed by atoms with Gasteiger partial charge in [0.2, 0.25) is 0 Å². The van der Waals surface area contributed by atoms with Crippen molar-refractivity contribution in [3.63, 3.8) is 0 Å². The van der Waals surface area contributed by atoms with Crippen molar-refractivity contribution in [1.82, 2.24) is 5.32 Å². The van der Waals surface area contributed by atoms with Crippen molar-refractivity contribution >= 4 is 40.6 Å². The first-order valence-electron chi connectivity index (χ1n) is 8.90. The standard InChI is InChI=1S/C20H17N3O7S/c1-29-19(25)15(21)9-12-4-7-14(10-16(12)23(27)28)30-13-5-2-11(3-6-13)8-17-18(24)22-20(26)31-17/h2-8,10,15H,9,21H2,1H3,(H,22,24,26)/b17-8+. The number of hydrogen-bond donors (Lipinski definition) is 2. The summed E-state index contributed by atoms with van der Waals surface area (Å²) in [6, 6.07) is 9.84. The van der Waals surface area contributed by atoms with Crippen LogP contribution in [0, 0.1) is 10.1 Å². The lowest BCUT2D eigenvalue weighted by Crippen LogP contribution is -2.33. The van der Waals surface area contributed by atoms with Gasteiger partial charge >= 0.3 is 5.97 Å². The highest BCUT2D eigenvalue weighted by molar-refractivity contribution is 8.18. The first kappa shape index (κ1) is 22.0.